The van der Waals surface area contributed by atoms with Gasteiger partial charge in [0, 0.05) is 24.6 Å². The molecule has 1 aromatic carbocycles. The lowest BCUT2D eigenvalue weighted by atomic mass is 10.1. The molecule has 1 unspecified atom stereocenters. The quantitative estimate of drug-likeness (QED) is 0.764. The standard InChI is InChI=1S/C17H16BrF3N4O2/c18-12-8-22-15(23-9-12)27-14-5-2-6-25(10-14)16(26)24-13-4-1-3-11(7-13)17(19,20)21/h1,3-4,7-9,14H,2,5-6,10H2,(H,24,26). The van der Waals surface area contributed by atoms with E-state index in [1.807, 2.05) is 0 Å². The Morgan fingerprint density at radius 3 is 2.74 bits per heavy atom. The number of carbonyl (C=O) groups excluding carboxylic acids is 1. The molecule has 2 aromatic rings. The van der Waals surface area contributed by atoms with Crippen LogP contribution in [-0.2, 0) is 6.18 Å². The summed E-state index contributed by atoms with van der Waals surface area (Å²) in [4.78, 5) is 22.0. The summed E-state index contributed by atoms with van der Waals surface area (Å²) in [6.07, 6.45) is -0.196. The van der Waals surface area contributed by atoms with E-state index in [1.54, 1.807) is 12.4 Å². The van der Waals surface area contributed by atoms with Crippen molar-refractivity contribution in [3.63, 3.8) is 0 Å². The van der Waals surface area contributed by atoms with E-state index in [-0.39, 0.29) is 17.8 Å². The maximum absolute atomic E-state index is 12.8. The highest BCUT2D eigenvalue weighted by Gasteiger charge is 2.31. The average molecular weight is 445 g/mol. The first-order chi connectivity index (χ1) is 12.8. The van der Waals surface area contributed by atoms with Gasteiger partial charge in [-0.05, 0) is 47.0 Å². The van der Waals surface area contributed by atoms with Gasteiger partial charge in [0.2, 0.25) is 0 Å². The maximum Gasteiger partial charge on any atom is 0.416 e. The van der Waals surface area contributed by atoms with E-state index in [1.165, 1.54) is 17.0 Å². The topological polar surface area (TPSA) is 67.4 Å². The molecular formula is C17H16BrF3N4O2. The molecular weight excluding hydrogens is 429 g/mol. The van der Waals surface area contributed by atoms with Crippen molar-refractivity contribution in [1.82, 2.24) is 14.9 Å². The monoisotopic (exact) mass is 444 g/mol. The number of halogens is 4. The molecule has 27 heavy (non-hydrogen) atoms. The maximum atomic E-state index is 12.8. The molecule has 1 aromatic heterocycles. The van der Waals surface area contributed by atoms with Gasteiger partial charge in [0.25, 0.3) is 0 Å². The number of nitrogens with one attached hydrogen (secondary N) is 1. The third-order valence-electron chi connectivity index (χ3n) is 3.98. The van der Waals surface area contributed by atoms with Crippen LogP contribution in [0.1, 0.15) is 18.4 Å². The SMILES string of the molecule is O=C(Nc1cccc(C(F)(F)F)c1)N1CCCC(Oc2ncc(Br)cn2)C1. The van der Waals surface area contributed by atoms with Crippen LogP contribution in [0, 0.1) is 0 Å². The molecule has 1 aliphatic heterocycles. The Kier molecular flexibility index (Phi) is 5.83. The zero-order valence-corrected chi connectivity index (χ0v) is 15.6. The summed E-state index contributed by atoms with van der Waals surface area (Å²) >= 11 is 3.24. The van der Waals surface area contributed by atoms with Gasteiger partial charge in [0.15, 0.2) is 0 Å². The third kappa shape index (κ3) is 5.31. The first-order valence-corrected chi connectivity index (χ1v) is 8.98. The van der Waals surface area contributed by atoms with Crippen LogP contribution >= 0.6 is 15.9 Å². The smallest absolute Gasteiger partial charge is 0.416 e. The fourth-order valence-corrected chi connectivity index (χ4v) is 2.91. The molecule has 3 rings (SSSR count). The summed E-state index contributed by atoms with van der Waals surface area (Å²) in [5.74, 6) is 0. The van der Waals surface area contributed by atoms with E-state index >= 15 is 0 Å². The molecule has 1 atom stereocenters. The van der Waals surface area contributed by atoms with Crippen molar-refractivity contribution in [2.45, 2.75) is 25.1 Å². The number of likely N-dealkylation sites (tertiary alicyclic amines) is 1. The minimum Gasteiger partial charge on any atom is -0.458 e. The Bertz CT molecular complexity index is 802. The lowest BCUT2D eigenvalue weighted by molar-refractivity contribution is -0.137. The number of aromatic nitrogens is 2. The molecule has 2 heterocycles. The number of nitrogens with zero attached hydrogens (tertiary/aromatic N) is 3. The number of rotatable bonds is 3. The Morgan fingerprint density at radius 1 is 1.30 bits per heavy atom. The second-order valence-electron chi connectivity index (χ2n) is 6.02. The van der Waals surface area contributed by atoms with Crippen molar-refractivity contribution < 1.29 is 22.7 Å². The van der Waals surface area contributed by atoms with Crippen LogP contribution < -0.4 is 10.1 Å². The molecule has 1 saturated heterocycles. The normalized spacial score (nSPS) is 17.5. The minimum atomic E-state index is -4.46. The fourth-order valence-electron chi connectivity index (χ4n) is 2.71. The van der Waals surface area contributed by atoms with Crippen LogP contribution in [-0.4, -0.2) is 40.1 Å². The van der Waals surface area contributed by atoms with Gasteiger partial charge < -0.3 is 15.0 Å². The summed E-state index contributed by atoms with van der Waals surface area (Å²) in [6.45, 7) is 0.788. The predicted octanol–water partition coefficient (Wildman–Crippen LogP) is 4.33. The third-order valence-corrected chi connectivity index (χ3v) is 4.38. The number of alkyl halides is 3. The largest absolute Gasteiger partial charge is 0.458 e. The molecule has 1 aliphatic rings. The van der Waals surface area contributed by atoms with Crippen molar-refractivity contribution in [1.29, 1.82) is 0 Å². The van der Waals surface area contributed by atoms with Crippen LogP contribution in [0.25, 0.3) is 0 Å². The minimum absolute atomic E-state index is 0.0918. The summed E-state index contributed by atoms with van der Waals surface area (Å²) < 4.78 is 44.8. The number of hydrogen-bond donors (Lipinski definition) is 1. The highest BCUT2D eigenvalue weighted by Crippen LogP contribution is 2.30. The average Bonchev–Trinajstić information content (AvgIpc) is 2.63. The molecule has 0 spiro atoms. The van der Waals surface area contributed by atoms with E-state index in [0.717, 1.165) is 23.0 Å². The van der Waals surface area contributed by atoms with Crippen LogP contribution in [0.4, 0.5) is 23.7 Å². The number of carbonyl (C=O) groups is 1. The van der Waals surface area contributed by atoms with Gasteiger partial charge in [-0.3, -0.25) is 0 Å². The highest BCUT2D eigenvalue weighted by molar-refractivity contribution is 9.10. The number of ether oxygens (including phenoxy) is 1. The van der Waals surface area contributed by atoms with Crippen molar-refractivity contribution in [2.24, 2.45) is 0 Å². The second kappa shape index (κ2) is 8.12. The van der Waals surface area contributed by atoms with E-state index in [4.69, 9.17) is 4.74 Å². The highest BCUT2D eigenvalue weighted by atomic mass is 79.9. The first-order valence-electron chi connectivity index (χ1n) is 8.18. The van der Waals surface area contributed by atoms with E-state index in [9.17, 15) is 18.0 Å². The molecule has 0 saturated carbocycles. The Labute approximate surface area is 161 Å². The van der Waals surface area contributed by atoms with Gasteiger partial charge in [-0.2, -0.15) is 13.2 Å². The van der Waals surface area contributed by atoms with Gasteiger partial charge in [-0.25, -0.2) is 14.8 Å². The molecule has 1 fully saturated rings. The number of urea groups is 1. The zero-order chi connectivity index (χ0) is 19.4. The Balaban J connectivity index is 1.60. The fraction of sp³-hybridized carbons (Fsp3) is 0.353. The number of hydrogen-bond acceptors (Lipinski definition) is 4. The summed E-state index contributed by atoms with van der Waals surface area (Å²) in [5, 5.41) is 2.51. The number of anilines is 1. The Morgan fingerprint density at radius 2 is 2.04 bits per heavy atom. The number of benzene rings is 1. The molecule has 2 amide bonds. The lowest BCUT2D eigenvalue weighted by Gasteiger charge is -2.32. The van der Waals surface area contributed by atoms with Crippen molar-refractivity contribution >= 4 is 27.6 Å². The van der Waals surface area contributed by atoms with Gasteiger partial charge in [-0.1, -0.05) is 6.07 Å². The first kappa shape index (κ1) is 19.4. The van der Waals surface area contributed by atoms with E-state index in [2.05, 4.69) is 31.2 Å². The van der Waals surface area contributed by atoms with E-state index in [0.29, 0.717) is 19.5 Å². The molecule has 6 nitrogen and oxygen atoms in total. The summed E-state index contributed by atoms with van der Waals surface area (Å²) in [5.41, 5.74) is -0.721. The van der Waals surface area contributed by atoms with Crippen molar-refractivity contribution in [3.8, 4) is 6.01 Å². The molecule has 10 heteroatoms. The van der Waals surface area contributed by atoms with Gasteiger partial charge in [0.1, 0.15) is 6.10 Å². The number of piperidine rings is 1. The van der Waals surface area contributed by atoms with Crippen LogP contribution in [0.15, 0.2) is 41.1 Å². The summed E-state index contributed by atoms with van der Waals surface area (Å²) in [7, 11) is 0. The molecule has 0 bridgehead atoms. The lowest BCUT2D eigenvalue weighted by Crippen LogP contribution is -2.46. The van der Waals surface area contributed by atoms with Gasteiger partial charge in [0.05, 0.1) is 16.6 Å². The van der Waals surface area contributed by atoms with E-state index < -0.39 is 17.8 Å². The Hall–Kier alpha value is -2.36. The van der Waals surface area contributed by atoms with Crippen molar-refractivity contribution in [2.75, 3.05) is 18.4 Å². The van der Waals surface area contributed by atoms with Gasteiger partial charge in [-0.15, -0.1) is 0 Å². The van der Waals surface area contributed by atoms with Gasteiger partial charge >= 0.3 is 18.2 Å². The predicted molar refractivity (Wildman–Crippen MR) is 95.4 cm³/mol. The summed E-state index contributed by atoms with van der Waals surface area (Å²) in [6, 6.07) is 4.28. The number of amides is 2. The van der Waals surface area contributed by atoms with Crippen LogP contribution in [0.2, 0.25) is 0 Å². The zero-order valence-electron chi connectivity index (χ0n) is 14.0. The molecule has 144 valence electrons. The van der Waals surface area contributed by atoms with Crippen LogP contribution in [0.3, 0.4) is 0 Å². The van der Waals surface area contributed by atoms with Crippen LogP contribution in [0.5, 0.6) is 6.01 Å². The second-order valence-corrected chi connectivity index (χ2v) is 6.94. The van der Waals surface area contributed by atoms with Crippen molar-refractivity contribution in [3.05, 3.63) is 46.7 Å². The molecule has 0 radical (unpaired) electrons. The molecule has 1 N–H and O–H groups in total. The molecule has 0 aliphatic carbocycles.